The van der Waals surface area contributed by atoms with Crippen molar-refractivity contribution in [3.05, 3.63) is 0 Å². The Morgan fingerprint density at radius 2 is 1.82 bits per heavy atom. The molecule has 0 fully saturated rings. The molecular formula is C12H27N3O2. The van der Waals surface area contributed by atoms with E-state index in [1.807, 2.05) is 41.5 Å². The highest BCUT2D eigenvalue weighted by Gasteiger charge is 2.17. The average Bonchev–Trinajstić information content (AvgIpc) is 1.96. The minimum absolute atomic E-state index is 0.00667. The minimum Gasteiger partial charge on any atom is -0.444 e. The maximum absolute atomic E-state index is 11.4. The third kappa shape index (κ3) is 11.5. The van der Waals surface area contributed by atoms with Gasteiger partial charge in [-0.2, -0.15) is 0 Å². The van der Waals surface area contributed by atoms with E-state index >= 15 is 0 Å². The van der Waals surface area contributed by atoms with Gasteiger partial charge in [-0.25, -0.2) is 4.79 Å². The van der Waals surface area contributed by atoms with Crippen LogP contribution in [0.3, 0.4) is 0 Å². The zero-order valence-corrected chi connectivity index (χ0v) is 11.9. The largest absolute Gasteiger partial charge is 0.444 e. The van der Waals surface area contributed by atoms with E-state index < -0.39 is 5.60 Å². The summed E-state index contributed by atoms with van der Waals surface area (Å²) in [6, 6.07) is 0.00667. The van der Waals surface area contributed by atoms with Crippen molar-refractivity contribution in [1.29, 1.82) is 0 Å². The Morgan fingerprint density at radius 1 is 1.29 bits per heavy atom. The summed E-state index contributed by atoms with van der Waals surface area (Å²) in [6.07, 6.45) is -0.390. The first-order valence-electron chi connectivity index (χ1n) is 5.99. The highest BCUT2D eigenvalue weighted by molar-refractivity contribution is 5.68. The highest BCUT2D eigenvalue weighted by Crippen LogP contribution is 2.06. The van der Waals surface area contributed by atoms with E-state index in [2.05, 4.69) is 10.6 Å². The number of nitrogens with two attached hydrogens (primary N) is 1. The van der Waals surface area contributed by atoms with Crippen LogP contribution in [-0.4, -0.2) is 36.4 Å². The van der Waals surface area contributed by atoms with Crippen molar-refractivity contribution in [2.75, 3.05) is 13.1 Å². The van der Waals surface area contributed by atoms with Crippen LogP contribution in [0.2, 0.25) is 0 Å². The monoisotopic (exact) mass is 245 g/mol. The molecular weight excluding hydrogens is 218 g/mol. The average molecular weight is 245 g/mol. The fraction of sp³-hybridized carbons (Fsp3) is 0.917. The van der Waals surface area contributed by atoms with E-state index in [0.717, 1.165) is 0 Å². The zero-order valence-electron chi connectivity index (χ0n) is 11.9. The Labute approximate surface area is 104 Å². The van der Waals surface area contributed by atoms with Gasteiger partial charge in [0.25, 0.3) is 0 Å². The first-order chi connectivity index (χ1) is 7.49. The quantitative estimate of drug-likeness (QED) is 0.681. The Kier molecular flexibility index (Phi) is 5.92. The molecule has 0 aliphatic heterocycles. The molecule has 0 aromatic rings. The molecule has 0 rings (SSSR count). The maximum Gasteiger partial charge on any atom is 0.407 e. The van der Waals surface area contributed by atoms with Crippen LogP contribution >= 0.6 is 0 Å². The van der Waals surface area contributed by atoms with Crippen LogP contribution in [0.25, 0.3) is 0 Å². The Bertz CT molecular complexity index is 241. The predicted molar refractivity (Wildman–Crippen MR) is 70.0 cm³/mol. The third-order valence-electron chi connectivity index (χ3n) is 1.79. The van der Waals surface area contributed by atoms with Gasteiger partial charge >= 0.3 is 6.09 Å². The van der Waals surface area contributed by atoms with Crippen molar-refractivity contribution in [2.24, 2.45) is 5.73 Å². The van der Waals surface area contributed by atoms with Gasteiger partial charge in [0.15, 0.2) is 0 Å². The van der Waals surface area contributed by atoms with Gasteiger partial charge in [-0.15, -0.1) is 0 Å². The molecule has 0 aromatic carbocycles. The molecule has 102 valence electrons. The maximum atomic E-state index is 11.4. The van der Waals surface area contributed by atoms with E-state index in [1.54, 1.807) is 0 Å². The molecule has 4 N–H and O–H groups in total. The van der Waals surface area contributed by atoms with Crippen molar-refractivity contribution in [1.82, 2.24) is 10.6 Å². The summed E-state index contributed by atoms with van der Waals surface area (Å²) in [5, 5.41) is 5.96. The van der Waals surface area contributed by atoms with Crippen LogP contribution in [0, 0.1) is 0 Å². The van der Waals surface area contributed by atoms with Crippen LogP contribution < -0.4 is 16.4 Å². The number of hydrogen-bond donors (Lipinski definition) is 3. The molecule has 0 radical (unpaired) electrons. The Morgan fingerprint density at radius 3 is 2.24 bits per heavy atom. The van der Waals surface area contributed by atoms with E-state index in [0.29, 0.717) is 13.1 Å². The summed E-state index contributed by atoms with van der Waals surface area (Å²) in [6.45, 7) is 12.7. The molecule has 0 aromatic heterocycles. The van der Waals surface area contributed by atoms with Crippen molar-refractivity contribution < 1.29 is 9.53 Å². The number of alkyl carbamates (subject to hydrolysis) is 1. The van der Waals surface area contributed by atoms with Gasteiger partial charge in [-0.3, -0.25) is 0 Å². The van der Waals surface area contributed by atoms with Crippen molar-refractivity contribution in [2.45, 2.75) is 58.7 Å². The standard InChI is InChI=1S/C12H27N3O2/c1-9(7-14-8-12(5,6)13)15-10(16)17-11(2,3)4/h9,14H,7-8,13H2,1-6H3,(H,15,16). The van der Waals surface area contributed by atoms with Gasteiger partial charge in [0, 0.05) is 24.7 Å². The molecule has 17 heavy (non-hydrogen) atoms. The molecule has 5 heteroatoms. The third-order valence-corrected chi connectivity index (χ3v) is 1.79. The summed E-state index contributed by atoms with van der Waals surface area (Å²) >= 11 is 0. The summed E-state index contributed by atoms with van der Waals surface area (Å²) in [5.74, 6) is 0. The number of carbonyl (C=O) groups is 1. The Balaban J connectivity index is 3.79. The lowest BCUT2D eigenvalue weighted by Gasteiger charge is -2.23. The molecule has 1 unspecified atom stereocenters. The molecule has 0 saturated heterocycles. The molecule has 0 aliphatic carbocycles. The van der Waals surface area contributed by atoms with Crippen molar-refractivity contribution in [3.8, 4) is 0 Å². The van der Waals surface area contributed by atoms with Gasteiger partial charge in [-0.1, -0.05) is 0 Å². The normalized spacial score (nSPS) is 14.3. The van der Waals surface area contributed by atoms with Crippen molar-refractivity contribution >= 4 is 6.09 Å². The lowest BCUT2D eigenvalue weighted by molar-refractivity contribution is 0.0508. The van der Waals surface area contributed by atoms with Crippen molar-refractivity contribution in [3.63, 3.8) is 0 Å². The number of nitrogens with one attached hydrogen (secondary N) is 2. The summed E-state index contributed by atoms with van der Waals surface area (Å²) in [4.78, 5) is 11.4. The van der Waals surface area contributed by atoms with Crippen LogP contribution in [-0.2, 0) is 4.74 Å². The number of amides is 1. The van der Waals surface area contributed by atoms with Crippen LogP contribution in [0.1, 0.15) is 41.5 Å². The SMILES string of the molecule is CC(CNCC(C)(C)N)NC(=O)OC(C)(C)C. The summed E-state index contributed by atoms with van der Waals surface area (Å²) in [5.41, 5.74) is 5.13. The molecule has 0 aliphatic rings. The molecule has 0 spiro atoms. The van der Waals surface area contributed by atoms with E-state index in [1.165, 1.54) is 0 Å². The second-order valence-electron chi connectivity index (χ2n) is 6.17. The van der Waals surface area contributed by atoms with Crippen LogP contribution in [0.4, 0.5) is 4.79 Å². The van der Waals surface area contributed by atoms with E-state index in [4.69, 9.17) is 10.5 Å². The number of carbonyl (C=O) groups excluding carboxylic acids is 1. The Hall–Kier alpha value is -0.810. The molecule has 0 saturated carbocycles. The van der Waals surface area contributed by atoms with Gasteiger partial charge in [0.1, 0.15) is 5.60 Å². The van der Waals surface area contributed by atoms with Crippen LogP contribution in [0.15, 0.2) is 0 Å². The minimum atomic E-state index is -0.462. The van der Waals surface area contributed by atoms with Gasteiger partial charge in [0.2, 0.25) is 0 Å². The molecule has 5 nitrogen and oxygen atoms in total. The smallest absolute Gasteiger partial charge is 0.407 e. The number of ether oxygens (including phenoxy) is 1. The van der Waals surface area contributed by atoms with Gasteiger partial charge in [0.05, 0.1) is 0 Å². The van der Waals surface area contributed by atoms with Gasteiger partial charge < -0.3 is 21.1 Å². The fourth-order valence-corrected chi connectivity index (χ4v) is 1.17. The number of rotatable bonds is 5. The number of hydrogen-bond acceptors (Lipinski definition) is 4. The zero-order chi connectivity index (χ0) is 13.7. The molecule has 1 atom stereocenters. The second kappa shape index (κ2) is 6.21. The first kappa shape index (κ1) is 16.2. The predicted octanol–water partition coefficient (Wildman–Crippen LogP) is 1.23. The topological polar surface area (TPSA) is 76.4 Å². The molecule has 0 bridgehead atoms. The summed E-state index contributed by atoms with van der Waals surface area (Å²) in [7, 11) is 0. The first-order valence-corrected chi connectivity index (χ1v) is 5.99. The van der Waals surface area contributed by atoms with Crippen LogP contribution in [0.5, 0.6) is 0 Å². The van der Waals surface area contributed by atoms with E-state index in [-0.39, 0.29) is 17.7 Å². The van der Waals surface area contributed by atoms with E-state index in [9.17, 15) is 4.79 Å². The molecule has 0 heterocycles. The highest BCUT2D eigenvalue weighted by atomic mass is 16.6. The summed E-state index contributed by atoms with van der Waals surface area (Å²) < 4.78 is 5.15. The molecule has 1 amide bonds. The fourth-order valence-electron chi connectivity index (χ4n) is 1.17. The van der Waals surface area contributed by atoms with Gasteiger partial charge in [-0.05, 0) is 41.5 Å². The lowest BCUT2D eigenvalue weighted by atomic mass is 10.1. The second-order valence-corrected chi connectivity index (χ2v) is 6.17. The lowest BCUT2D eigenvalue weighted by Crippen LogP contribution is -2.48.